The van der Waals surface area contributed by atoms with E-state index in [0.29, 0.717) is 19.3 Å². The van der Waals surface area contributed by atoms with E-state index in [1.807, 2.05) is 44.2 Å². The van der Waals surface area contributed by atoms with E-state index in [4.69, 9.17) is 14.2 Å². The molecule has 2 atom stereocenters. The van der Waals surface area contributed by atoms with Gasteiger partial charge in [0.25, 0.3) is 11.4 Å². The zero-order valence-electron chi connectivity index (χ0n) is 17.8. The summed E-state index contributed by atoms with van der Waals surface area (Å²) in [6.45, 7) is 3.73. The number of nitrogens with zero attached hydrogens (tertiary/aromatic N) is 2. The molecule has 0 radical (unpaired) electrons. The van der Waals surface area contributed by atoms with Crippen LogP contribution >= 0.6 is 0 Å². The largest absolute Gasteiger partial charge is 0.462 e. The van der Waals surface area contributed by atoms with E-state index in [0.717, 1.165) is 23.8 Å². The van der Waals surface area contributed by atoms with Crippen molar-refractivity contribution in [1.82, 2.24) is 0 Å². The Morgan fingerprint density at radius 3 is 2.19 bits per heavy atom. The van der Waals surface area contributed by atoms with Crippen LogP contribution in [0.5, 0.6) is 0 Å². The van der Waals surface area contributed by atoms with Crippen molar-refractivity contribution < 1.29 is 28.9 Å². The number of esters is 1. The highest BCUT2D eigenvalue weighted by molar-refractivity contribution is 5.91. The summed E-state index contributed by atoms with van der Waals surface area (Å²) in [4.78, 5) is 32.6. The summed E-state index contributed by atoms with van der Waals surface area (Å²) >= 11 is 0. The normalized spacial score (nSPS) is 19.4. The van der Waals surface area contributed by atoms with E-state index in [2.05, 4.69) is 0 Å². The standard InChI is InChI=1S/C22H24N2O8/c1-22(2)31-19(20(32-22)11-15-7-4-3-5-8-15)9-6-10-30-21(25)16-12-17(23(26)27)14-18(13-16)24(28)29/h3-5,7-8,12-14,19-20H,6,9-11H2,1-2H3/t19-,20-/m1/s1. The van der Waals surface area contributed by atoms with Crippen LogP contribution in [0.25, 0.3) is 0 Å². The summed E-state index contributed by atoms with van der Waals surface area (Å²) in [7, 11) is 0. The molecule has 0 spiro atoms. The first kappa shape index (κ1) is 23.3. The van der Waals surface area contributed by atoms with Gasteiger partial charge in [0.05, 0.1) is 40.3 Å². The number of hydrogen-bond acceptors (Lipinski definition) is 8. The summed E-state index contributed by atoms with van der Waals surface area (Å²) in [5.74, 6) is -1.58. The second kappa shape index (κ2) is 9.84. The predicted octanol–water partition coefficient (Wildman–Crippen LogP) is 4.20. The minimum absolute atomic E-state index is 0.0354. The molecule has 2 aromatic rings. The van der Waals surface area contributed by atoms with Gasteiger partial charge < -0.3 is 14.2 Å². The number of rotatable bonds is 9. The summed E-state index contributed by atoms with van der Waals surface area (Å²) < 4.78 is 17.2. The summed E-state index contributed by atoms with van der Waals surface area (Å²) in [5.41, 5.74) is -0.209. The number of carbonyl (C=O) groups excluding carboxylic acids is 1. The highest BCUT2D eigenvalue weighted by atomic mass is 16.7. The fourth-order valence-electron chi connectivity index (χ4n) is 3.63. The zero-order valence-corrected chi connectivity index (χ0v) is 17.8. The zero-order chi connectivity index (χ0) is 23.3. The van der Waals surface area contributed by atoms with Crippen molar-refractivity contribution in [2.24, 2.45) is 0 Å². The molecule has 0 N–H and O–H groups in total. The van der Waals surface area contributed by atoms with Crippen LogP contribution in [0, 0.1) is 20.2 Å². The molecule has 0 aliphatic carbocycles. The molecule has 1 aliphatic rings. The molecule has 0 unspecified atom stereocenters. The third-order valence-corrected chi connectivity index (χ3v) is 4.99. The van der Waals surface area contributed by atoms with Crippen LogP contribution in [0.1, 0.15) is 42.6 Å². The first-order chi connectivity index (χ1) is 15.1. The van der Waals surface area contributed by atoms with Crippen LogP contribution < -0.4 is 0 Å². The molecule has 32 heavy (non-hydrogen) atoms. The molecule has 10 heteroatoms. The van der Waals surface area contributed by atoms with E-state index < -0.39 is 33.0 Å². The molecule has 1 fully saturated rings. The molecule has 0 saturated carbocycles. The van der Waals surface area contributed by atoms with Gasteiger partial charge in [-0.1, -0.05) is 30.3 Å². The monoisotopic (exact) mass is 444 g/mol. The minimum atomic E-state index is -0.860. The summed E-state index contributed by atoms with van der Waals surface area (Å²) in [5, 5.41) is 22.0. The third-order valence-electron chi connectivity index (χ3n) is 4.99. The van der Waals surface area contributed by atoms with Gasteiger partial charge in [-0.05, 0) is 32.3 Å². The van der Waals surface area contributed by atoms with Crippen LogP contribution in [0.4, 0.5) is 11.4 Å². The van der Waals surface area contributed by atoms with Crippen molar-refractivity contribution in [2.75, 3.05) is 6.61 Å². The van der Waals surface area contributed by atoms with Crippen molar-refractivity contribution in [2.45, 2.75) is 51.1 Å². The Bertz CT molecular complexity index is 960. The Labute approximate surface area is 184 Å². The molecule has 2 aromatic carbocycles. The van der Waals surface area contributed by atoms with Gasteiger partial charge in [-0.25, -0.2) is 4.79 Å². The molecule has 1 saturated heterocycles. The van der Waals surface area contributed by atoms with E-state index in [1.54, 1.807) is 0 Å². The SMILES string of the molecule is CC1(C)O[C@H](CCCOC(=O)c2cc([N+](=O)[O-])cc([N+](=O)[O-])c2)[C@@H](Cc2ccccc2)O1. The van der Waals surface area contributed by atoms with Crippen molar-refractivity contribution in [3.8, 4) is 0 Å². The van der Waals surface area contributed by atoms with Gasteiger partial charge in [-0.15, -0.1) is 0 Å². The van der Waals surface area contributed by atoms with Crippen molar-refractivity contribution in [1.29, 1.82) is 0 Å². The van der Waals surface area contributed by atoms with Crippen LogP contribution in [0.3, 0.4) is 0 Å². The third kappa shape index (κ3) is 6.08. The van der Waals surface area contributed by atoms with Gasteiger partial charge in [0.1, 0.15) is 0 Å². The number of benzene rings is 2. The van der Waals surface area contributed by atoms with Gasteiger partial charge >= 0.3 is 5.97 Å². The quantitative estimate of drug-likeness (QED) is 0.243. The number of nitro groups is 2. The minimum Gasteiger partial charge on any atom is -0.462 e. The number of non-ortho nitro benzene ring substituents is 2. The van der Waals surface area contributed by atoms with Gasteiger partial charge in [0, 0.05) is 18.6 Å². The number of hydrogen-bond donors (Lipinski definition) is 0. The Kier molecular flexibility index (Phi) is 7.16. The average molecular weight is 444 g/mol. The van der Waals surface area contributed by atoms with Crippen LogP contribution in [-0.2, 0) is 20.6 Å². The number of nitro benzene ring substituents is 2. The van der Waals surface area contributed by atoms with Gasteiger partial charge in [0.15, 0.2) is 5.79 Å². The van der Waals surface area contributed by atoms with E-state index in [-0.39, 0.29) is 24.4 Å². The maximum atomic E-state index is 12.3. The lowest BCUT2D eigenvalue weighted by Crippen LogP contribution is -2.25. The van der Waals surface area contributed by atoms with Crippen molar-refractivity contribution in [3.63, 3.8) is 0 Å². The number of ether oxygens (including phenoxy) is 3. The van der Waals surface area contributed by atoms with Crippen LogP contribution in [-0.4, -0.2) is 40.4 Å². The Hall–Kier alpha value is -3.37. The Balaban J connectivity index is 1.56. The smallest absolute Gasteiger partial charge is 0.338 e. The molecule has 0 bridgehead atoms. The second-order valence-electron chi connectivity index (χ2n) is 7.93. The average Bonchev–Trinajstić information content (AvgIpc) is 3.04. The first-order valence-electron chi connectivity index (χ1n) is 10.2. The second-order valence-corrected chi connectivity index (χ2v) is 7.93. The van der Waals surface area contributed by atoms with E-state index >= 15 is 0 Å². The van der Waals surface area contributed by atoms with E-state index in [1.165, 1.54) is 0 Å². The lowest BCUT2D eigenvalue weighted by Gasteiger charge is -2.16. The molecule has 1 aliphatic heterocycles. The fraction of sp³-hybridized carbons (Fsp3) is 0.409. The molecular weight excluding hydrogens is 420 g/mol. The van der Waals surface area contributed by atoms with Crippen molar-refractivity contribution in [3.05, 3.63) is 79.9 Å². The molecule has 1 heterocycles. The van der Waals surface area contributed by atoms with E-state index in [9.17, 15) is 25.0 Å². The molecule has 3 rings (SSSR count). The summed E-state index contributed by atoms with van der Waals surface area (Å²) in [6, 6.07) is 12.6. The first-order valence-corrected chi connectivity index (χ1v) is 10.2. The molecular formula is C22H24N2O8. The Morgan fingerprint density at radius 1 is 1.00 bits per heavy atom. The summed E-state index contributed by atoms with van der Waals surface area (Å²) in [6.07, 6.45) is 1.39. The lowest BCUT2D eigenvalue weighted by molar-refractivity contribution is -0.394. The van der Waals surface area contributed by atoms with Crippen molar-refractivity contribution >= 4 is 17.3 Å². The highest BCUT2D eigenvalue weighted by Crippen LogP contribution is 2.32. The number of carbonyl (C=O) groups is 1. The highest BCUT2D eigenvalue weighted by Gasteiger charge is 2.40. The predicted molar refractivity (Wildman–Crippen MR) is 113 cm³/mol. The maximum absolute atomic E-state index is 12.3. The molecule has 10 nitrogen and oxygen atoms in total. The van der Waals surface area contributed by atoms with Gasteiger partial charge in [0.2, 0.25) is 0 Å². The van der Waals surface area contributed by atoms with Crippen LogP contribution in [0.2, 0.25) is 0 Å². The molecule has 0 aromatic heterocycles. The van der Waals surface area contributed by atoms with Gasteiger partial charge in [-0.2, -0.15) is 0 Å². The Morgan fingerprint density at radius 2 is 1.59 bits per heavy atom. The van der Waals surface area contributed by atoms with Crippen LogP contribution in [0.15, 0.2) is 48.5 Å². The fourth-order valence-corrected chi connectivity index (χ4v) is 3.63. The van der Waals surface area contributed by atoms with Gasteiger partial charge in [-0.3, -0.25) is 20.2 Å². The lowest BCUT2D eigenvalue weighted by atomic mass is 10.0. The maximum Gasteiger partial charge on any atom is 0.338 e. The topological polar surface area (TPSA) is 131 Å². The molecule has 0 amide bonds. The molecule has 170 valence electrons.